The van der Waals surface area contributed by atoms with Crippen LogP contribution in [-0.2, 0) is 0 Å². The number of benzene rings is 2. The number of rotatable bonds is 4. The fraction of sp³-hybridized carbons (Fsp3) is 0.100. The summed E-state index contributed by atoms with van der Waals surface area (Å²) in [7, 11) is 1.77. The Kier molecular flexibility index (Phi) is 5.14. The number of hydrogen-bond donors (Lipinski definition) is 1. The standard InChI is InChI=1S/C20H18BrN3O/c1-14-12-16(21)8-9-18(14)23-19-13-15(10-11-22-19)20(25)24(2)17-6-4-3-5-7-17/h3-13H,1-2H3,(H,22,23). The highest BCUT2D eigenvalue weighted by molar-refractivity contribution is 9.10. The Hall–Kier alpha value is -2.66. The molecule has 0 aliphatic carbocycles. The first-order chi connectivity index (χ1) is 12.0. The number of carbonyl (C=O) groups excluding carboxylic acids is 1. The molecule has 1 aromatic heterocycles. The van der Waals surface area contributed by atoms with Crippen molar-refractivity contribution >= 4 is 39.0 Å². The van der Waals surface area contributed by atoms with Crippen LogP contribution in [0.1, 0.15) is 15.9 Å². The Labute approximate surface area is 155 Å². The quantitative estimate of drug-likeness (QED) is 0.662. The van der Waals surface area contributed by atoms with Gasteiger partial charge in [0.05, 0.1) is 0 Å². The van der Waals surface area contributed by atoms with Gasteiger partial charge >= 0.3 is 0 Å². The van der Waals surface area contributed by atoms with Gasteiger partial charge in [-0.2, -0.15) is 0 Å². The number of halogens is 1. The van der Waals surface area contributed by atoms with Crippen LogP contribution in [0, 0.1) is 6.92 Å². The van der Waals surface area contributed by atoms with E-state index in [0.29, 0.717) is 11.4 Å². The first-order valence-electron chi connectivity index (χ1n) is 7.87. The highest BCUT2D eigenvalue weighted by Gasteiger charge is 2.14. The third-order valence-corrected chi connectivity index (χ3v) is 4.40. The van der Waals surface area contributed by atoms with Crippen LogP contribution in [0.5, 0.6) is 0 Å². The minimum absolute atomic E-state index is 0.0795. The first-order valence-corrected chi connectivity index (χ1v) is 8.66. The second kappa shape index (κ2) is 7.49. The summed E-state index contributed by atoms with van der Waals surface area (Å²) in [6, 6.07) is 19.0. The summed E-state index contributed by atoms with van der Waals surface area (Å²) < 4.78 is 1.02. The molecule has 1 amide bonds. The minimum Gasteiger partial charge on any atom is -0.340 e. The Morgan fingerprint density at radius 2 is 1.84 bits per heavy atom. The SMILES string of the molecule is Cc1cc(Br)ccc1Nc1cc(C(=O)N(C)c2ccccc2)ccn1. The summed E-state index contributed by atoms with van der Waals surface area (Å²) in [6.07, 6.45) is 1.64. The maximum atomic E-state index is 12.7. The zero-order valence-electron chi connectivity index (χ0n) is 14.0. The number of nitrogens with zero attached hydrogens (tertiary/aromatic N) is 2. The summed E-state index contributed by atoms with van der Waals surface area (Å²) in [5.74, 6) is 0.557. The second-order valence-electron chi connectivity index (χ2n) is 5.71. The molecular weight excluding hydrogens is 378 g/mol. The van der Waals surface area contributed by atoms with Crippen molar-refractivity contribution in [2.24, 2.45) is 0 Å². The van der Waals surface area contributed by atoms with Gasteiger partial charge in [-0.15, -0.1) is 0 Å². The Morgan fingerprint density at radius 3 is 2.56 bits per heavy atom. The van der Waals surface area contributed by atoms with Crippen molar-refractivity contribution in [1.82, 2.24) is 4.98 Å². The number of hydrogen-bond acceptors (Lipinski definition) is 3. The van der Waals surface area contributed by atoms with Gasteiger partial charge < -0.3 is 10.2 Å². The highest BCUT2D eigenvalue weighted by atomic mass is 79.9. The van der Waals surface area contributed by atoms with E-state index in [0.717, 1.165) is 21.4 Å². The third kappa shape index (κ3) is 4.06. The maximum Gasteiger partial charge on any atom is 0.258 e. The molecule has 2 aromatic carbocycles. The molecule has 5 heteroatoms. The van der Waals surface area contributed by atoms with Crippen LogP contribution in [0.4, 0.5) is 17.2 Å². The van der Waals surface area contributed by atoms with E-state index in [1.807, 2.05) is 55.5 Å². The van der Waals surface area contributed by atoms with Crippen molar-refractivity contribution in [2.45, 2.75) is 6.92 Å². The number of anilines is 3. The van der Waals surface area contributed by atoms with Crippen molar-refractivity contribution < 1.29 is 4.79 Å². The van der Waals surface area contributed by atoms with Crippen molar-refractivity contribution in [1.29, 1.82) is 0 Å². The minimum atomic E-state index is -0.0795. The van der Waals surface area contributed by atoms with Gasteiger partial charge in [-0.05, 0) is 55.0 Å². The number of pyridine rings is 1. The molecule has 0 unspecified atom stereocenters. The number of carbonyl (C=O) groups is 1. The molecule has 126 valence electrons. The zero-order valence-corrected chi connectivity index (χ0v) is 15.6. The number of nitrogens with one attached hydrogen (secondary N) is 1. The lowest BCUT2D eigenvalue weighted by molar-refractivity contribution is 0.0993. The van der Waals surface area contributed by atoms with E-state index in [4.69, 9.17) is 0 Å². The van der Waals surface area contributed by atoms with Crippen molar-refractivity contribution in [2.75, 3.05) is 17.3 Å². The first kappa shape index (κ1) is 17.2. The smallest absolute Gasteiger partial charge is 0.258 e. The van der Waals surface area contributed by atoms with Gasteiger partial charge in [-0.25, -0.2) is 4.98 Å². The van der Waals surface area contributed by atoms with Gasteiger partial charge in [0.15, 0.2) is 0 Å². The molecule has 1 N–H and O–H groups in total. The third-order valence-electron chi connectivity index (χ3n) is 3.91. The molecule has 25 heavy (non-hydrogen) atoms. The summed E-state index contributed by atoms with van der Waals surface area (Å²) >= 11 is 3.46. The molecule has 0 atom stereocenters. The maximum absolute atomic E-state index is 12.7. The van der Waals surface area contributed by atoms with Crippen LogP contribution in [0.25, 0.3) is 0 Å². The average molecular weight is 396 g/mol. The molecule has 1 heterocycles. The zero-order chi connectivity index (χ0) is 17.8. The van der Waals surface area contributed by atoms with Crippen LogP contribution >= 0.6 is 15.9 Å². The summed E-state index contributed by atoms with van der Waals surface area (Å²) in [5.41, 5.74) is 3.48. The predicted molar refractivity (Wildman–Crippen MR) is 106 cm³/mol. The van der Waals surface area contributed by atoms with E-state index in [-0.39, 0.29) is 5.91 Å². The number of aromatic nitrogens is 1. The van der Waals surface area contributed by atoms with Gasteiger partial charge in [0.1, 0.15) is 5.82 Å². The van der Waals surface area contributed by atoms with Crippen LogP contribution in [0.2, 0.25) is 0 Å². The number of amides is 1. The van der Waals surface area contributed by atoms with Crippen molar-refractivity contribution in [3.05, 3.63) is 82.5 Å². The molecule has 0 bridgehead atoms. The number of aryl methyl sites for hydroxylation is 1. The molecule has 3 rings (SSSR count). The van der Waals surface area contributed by atoms with Crippen LogP contribution in [0.3, 0.4) is 0 Å². The Bertz CT molecular complexity index is 896. The summed E-state index contributed by atoms with van der Waals surface area (Å²) in [4.78, 5) is 18.7. The average Bonchev–Trinajstić information content (AvgIpc) is 2.64. The van der Waals surface area contributed by atoms with E-state index >= 15 is 0 Å². The Balaban J connectivity index is 1.82. The predicted octanol–water partition coefficient (Wildman–Crippen LogP) is 5.17. The molecule has 0 saturated heterocycles. The lowest BCUT2D eigenvalue weighted by Crippen LogP contribution is -2.26. The lowest BCUT2D eigenvalue weighted by atomic mass is 10.2. The molecule has 3 aromatic rings. The lowest BCUT2D eigenvalue weighted by Gasteiger charge is -2.17. The van der Waals surface area contributed by atoms with Crippen LogP contribution in [0.15, 0.2) is 71.3 Å². The van der Waals surface area contributed by atoms with E-state index in [9.17, 15) is 4.79 Å². The van der Waals surface area contributed by atoms with E-state index in [1.54, 1.807) is 30.3 Å². The second-order valence-corrected chi connectivity index (χ2v) is 6.63. The molecule has 0 aliphatic rings. The van der Waals surface area contributed by atoms with E-state index < -0.39 is 0 Å². The fourth-order valence-corrected chi connectivity index (χ4v) is 2.98. The molecule has 0 saturated carbocycles. The van der Waals surface area contributed by atoms with Gasteiger partial charge in [0, 0.05) is 34.7 Å². The largest absolute Gasteiger partial charge is 0.340 e. The van der Waals surface area contributed by atoms with Gasteiger partial charge in [0.2, 0.25) is 0 Å². The van der Waals surface area contributed by atoms with Crippen LogP contribution < -0.4 is 10.2 Å². The number of para-hydroxylation sites is 1. The summed E-state index contributed by atoms with van der Waals surface area (Å²) in [6.45, 7) is 2.02. The van der Waals surface area contributed by atoms with Crippen molar-refractivity contribution in [3.63, 3.8) is 0 Å². The molecule has 0 radical (unpaired) electrons. The van der Waals surface area contributed by atoms with E-state index in [2.05, 4.69) is 26.2 Å². The van der Waals surface area contributed by atoms with Gasteiger partial charge in [0.25, 0.3) is 5.91 Å². The molecule has 0 spiro atoms. The monoisotopic (exact) mass is 395 g/mol. The molecule has 0 fully saturated rings. The Morgan fingerprint density at radius 1 is 1.08 bits per heavy atom. The molecular formula is C20H18BrN3O. The molecule has 0 aliphatic heterocycles. The van der Waals surface area contributed by atoms with E-state index in [1.165, 1.54) is 0 Å². The van der Waals surface area contributed by atoms with Crippen LogP contribution in [-0.4, -0.2) is 17.9 Å². The topological polar surface area (TPSA) is 45.2 Å². The normalized spacial score (nSPS) is 10.4. The molecule has 4 nitrogen and oxygen atoms in total. The summed E-state index contributed by atoms with van der Waals surface area (Å²) in [5, 5.41) is 3.27. The van der Waals surface area contributed by atoms with Gasteiger partial charge in [-0.1, -0.05) is 34.1 Å². The fourth-order valence-electron chi connectivity index (χ4n) is 2.50. The van der Waals surface area contributed by atoms with Gasteiger partial charge in [-0.3, -0.25) is 4.79 Å². The van der Waals surface area contributed by atoms with Crippen molar-refractivity contribution in [3.8, 4) is 0 Å². The highest BCUT2D eigenvalue weighted by Crippen LogP contribution is 2.24.